The van der Waals surface area contributed by atoms with Crippen LogP contribution in [0.25, 0.3) is 0 Å². The van der Waals surface area contributed by atoms with Crippen LogP contribution in [0.4, 0.5) is 5.69 Å². The molecule has 146 valence electrons. The average Bonchev–Trinajstić information content (AvgIpc) is 3.14. The average molecular weight is 481 g/mol. The van der Waals surface area contributed by atoms with E-state index in [4.69, 9.17) is 15.2 Å². The van der Waals surface area contributed by atoms with E-state index in [-0.39, 0.29) is 24.0 Å². The van der Waals surface area contributed by atoms with Crippen molar-refractivity contribution >= 4 is 35.6 Å². The number of nitrogens with one attached hydrogen (secondary N) is 1. The van der Waals surface area contributed by atoms with Crippen molar-refractivity contribution in [3.8, 4) is 11.5 Å². The van der Waals surface area contributed by atoms with Gasteiger partial charge in [0.05, 0.1) is 19.8 Å². The predicted octanol–water partition coefficient (Wildman–Crippen LogP) is 4.87. The third-order valence-electron chi connectivity index (χ3n) is 4.58. The summed E-state index contributed by atoms with van der Waals surface area (Å²) >= 11 is 0. The summed E-state index contributed by atoms with van der Waals surface area (Å²) in [5.41, 5.74) is 9.13. The van der Waals surface area contributed by atoms with Crippen LogP contribution in [-0.4, -0.2) is 19.2 Å². The summed E-state index contributed by atoms with van der Waals surface area (Å²) in [5.74, 6) is 2.06. The highest BCUT2D eigenvalue weighted by Crippen LogP contribution is 2.28. The fraction of sp³-hybridized carbons (Fsp3) is 0.381. The van der Waals surface area contributed by atoms with Crippen molar-refractivity contribution in [3.05, 3.63) is 53.6 Å². The van der Waals surface area contributed by atoms with Crippen LogP contribution in [0.5, 0.6) is 11.5 Å². The maximum atomic E-state index is 6.22. The molecule has 0 amide bonds. The van der Waals surface area contributed by atoms with Crippen molar-refractivity contribution in [1.82, 2.24) is 0 Å². The lowest BCUT2D eigenvalue weighted by Crippen LogP contribution is -2.22. The largest absolute Gasteiger partial charge is 0.497 e. The Morgan fingerprint density at radius 1 is 1.19 bits per heavy atom. The van der Waals surface area contributed by atoms with Gasteiger partial charge < -0.3 is 20.5 Å². The van der Waals surface area contributed by atoms with Crippen LogP contribution in [0, 0.1) is 6.92 Å². The second-order valence-electron chi connectivity index (χ2n) is 6.69. The van der Waals surface area contributed by atoms with Crippen molar-refractivity contribution < 1.29 is 9.47 Å². The second kappa shape index (κ2) is 10.4. The topological polar surface area (TPSA) is 68.9 Å². The van der Waals surface area contributed by atoms with E-state index in [1.807, 2.05) is 24.3 Å². The van der Waals surface area contributed by atoms with E-state index in [0.717, 1.165) is 35.6 Å². The molecule has 0 radical (unpaired) electrons. The number of halogens is 1. The van der Waals surface area contributed by atoms with Crippen molar-refractivity contribution in [2.24, 2.45) is 10.7 Å². The number of guanidine groups is 1. The summed E-state index contributed by atoms with van der Waals surface area (Å²) in [6.45, 7) is 2.55. The summed E-state index contributed by atoms with van der Waals surface area (Å²) in [7, 11) is 1.64. The van der Waals surface area contributed by atoms with Crippen LogP contribution in [0.2, 0.25) is 0 Å². The van der Waals surface area contributed by atoms with E-state index in [0.29, 0.717) is 18.6 Å². The Balaban J connectivity index is 0.00000261. The first kappa shape index (κ1) is 21.3. The van der Waals surface area contributed by atoms with E-state index in [1.165, 1.54) is 18.4 Å². The highest BCUT2D eigenvalue weighted by molar-refractivity contribution is 14.0. The number of ether oxygens (including phenoxy) is 2. The van der Waals surface area contributed by atoms with Gasteiger partial charge in [-0.1, -0.05) is 18.2 Å². The molecule has 0 bridgehead atoms. The standard InChI is InChI=1S/C21H27N3O2.HI/c1-15-10-11-16(20(12-15)26-18-7-3-4-8-18)14-23-21(22)24-17-6-5-9-19(13-17)25-2;/h5-6,9-13,18H,3-4,7-8,14H2,1-2H3,(H3,22,23,24);1H. The van der Waals surface area contributed by atoms with E-state index in [1.54, 1.807) is 7.11 Å². The number of hydrogen-bond donors (Lipinski definition) is 2. The molecule has 0 unspecified atom stereocenters. The smallest absolute Gasteiger partial charge is 0.193 e. The van der Waals surface area contributed by atoms with Gasteiger partial charge in [0, 0.05) is 17.3 Å². The Labute approximate surface area is 178 Å². The van der Waals surface area contributed by atoms with Crippen LogP contribution in [0.15, 0.2) is 47.5 Å². The molecule has 2 aromatic rings. The first-order chi connectivity index (χ1) is 12.6. The van der Waals surface area contributed by atoms with Crippen LogP contribution in [-0.2, 0) is 6.54 Å². The SMILES string of the molecule is COc1cccc(NC(N)=NCc2ccc(C)cc2OC2CCCC2)c1.I. The van der Waals surface area contributed by atoms with Crippen LogP contribution in [0.1, 0.15) is 36.8 Å². The van der Waals surface area contributed by atoms with E-state index in [2.05, 4.69) is 35.4 Å². The molecular weight excluding hydrogens is 453 g/mol. The van der Waals surface area contributed by atoms with Crippen molar-refractivity contribution in [3.63, 3.8) is 0 Å². The Bertz CT molecular complexity index is 774. The van der Waals surface area contributed by atoms with Gasteiger partial charge in [-0.3, -0.25) is 0 Å². The summed E-state index contributed by atoms with van der Waals surface area (Å²) < 4.78 is 11.4. The number of benzene rings is 2. The van der Waals surface area contributed by atoms with Crippen LogP contribution < -0.4 is 20.5 Å². The molecule has 2 aromatic carbocycles. The number of nitrogens with two attached hydrogens (primary N) is 1. The molecule has 5 nitrogen and oxygen atoms in total. The number of hydrogen-bond acceptors (Lipinski definition) is 3. The molecule has 1 saturated carbocycles. The van der Waals surface area contributed by atoms with E-state index >= 15 is 0 Å². The van der Waals surface area contributed by atoms with Gasteiger partial charge in [0.15, 0.2) is 5.96 Å². The molecule has 3 rings (SSSR count). The molecule has 1 fully saturated rings. The third-order valence-corrected chi connectivity index (χ3v) is 4.58. The van der Waals surface area contributed by atoms with Gasteiger partial charge >= 0.3 is 0 Å². The molecule has 1 aliphatic rings. The lowest BCUT2D eigenvalue weighted by Gasteiger charge is -2.16. The zero-order valence-corrected chi connectivity index (χ0v) is 18.2. The Kier molecular flexibility index (Phi) is 8.22. The minimum atomic E-state index is 0. The Morgan fingerprint density at radius 2 is 1.96 bits per heavy atom. The molecule has 0 spiro atoms. The zero-order valence-electron chi connectivity index (χ0n) is 15.9. The number of aryl methyl sites for hydroxylation is 1. The number of aliphatic imine (C=N–C) groups is 1. The number of rotatable bonds is 6. The minimum Gasteiger partial charge on any atom is -0.497 e. The highest BCUT2D eigenvalue weighted by atomic mass is 127. The zero-order chi connectivity index (χ0) is 18.4. The molecule has 1 aliphatic carbocycles. The van der Waals surface area contributed by atoms with Gasteiger partial charge in [-0.15, -0.1) is 24.0 Å². The third kappa shape index (κ3) is 6.30. The van der Waals surface area contributed by atoms with Gasteiger partial charge in [0.1, 0.15) is 11.5 Å². The monoisotopic (exact) mass is 481 g/mol. The Morgan fingerprint density at radius 3 is 2.70 bits per heavy atom. The van der Waals surface area contributed by atoms with Gasteiger partial charge in [-0.2, -0.15) is 0 Å². The number of methoxy groups -OCH3 is 1. The van der Waals surface area contributed by atoms with Gasteiger partial charge in [0.25, 0.3) is 0 Å². The van der Waals surface area contributed by atoms with Gasteiger partial charge in [-0.05, 0) is 56.4 Å². The Hall–Kier alpha value is -1.96. The number of anilines is 1. The molecule has 6 heteroatoms. The maximum Gasteiger partial charge on any atom is 0.193 e. The minimum absolute atomic E-state index is 0. The normalized spacial score (nSPS) is 14.5. The molecule has 3 N–H and O–H groups in total. The molecule has 0 atom stereocenters. The first-order valence-corrected chi connectivity index (χ1v) is 9.11. The maximum absolute atomic E-state index is 6.22. The summed E-state index contributed by atoms with van der Waals surface area (Å²) in [5, 5.41) is 3.10. The van der Waals surface area contributed by atoms with Crippen LogP contribution >= 0.6 is 24.0 Å². The van der Waals surface area contributed by atoms with Crippen LogP contribution in [0.3, 0.4) is 0 Å². The lowest BCUT2D eigenvalue weighted by molar-refractivity contribution is 0.208. The van der Waals surface area contributed by atoms with E-state index < -0.39 is 0 Å². The molecule has 0 heterocycles. The molecule has 0 aliphatic heterocycles. The fourth-order valence-corrected chi connectivity index (χ4v) is 3.15. The predicted molar refractivity (Wildman–Crippen MR) is 121 cm³/mol. The molecule has 27 heavy (non-hydrogen) atoms. The quantitative estimate of drug-likeness (QED) is 0.351. The molecular formula is C21H28IN3O2. The van der Waals surface area contributed by atoms with Crippen molar-refractivity contribution in [1.29, 1.82) is 0 Å². The second-order valence-corrected chi connectivity index (χ2v) is 6.69. The summed E-state index contributed by atoms with van der Waals surface area (Å²) in [4.78, 5) is 4.47. The van der Waals surface area contributed by atoms with Gasteiger partial charge in [-0.25, -0.2) is 4.99 Å². The lowest BCUT2D eigenvalue weighted by atomic mass is 10.1. The highest BCUT2D eigenvalue weighted by Gasteiger charge is 2.18. The van der Waals surface area contributed by atoms with Crippen molar-refractivity contribution in [2.45, 2.75) is 45.3 Å². The van der Waals surface area contributed by atoms with Gasteiger partial charge in [0.2, 0.25) is 0 Å². The first-order valence-electron chi connectivity index (χ1n) is 9.11. The molecule has 0 aromatic heterocycles. The number of nitrogens with zero attached hydrogens (tertiary/aromatic N) is 1. The summed E-state index contributed by atoms with van der Waals surface area (Å²) in [6.07, 6.45) is 5.10. The summed E-state index contributed by atoms with van der Waals surface area (Å²) in [6, 6.07) is 13.8. The molecule has 0 saturated heterocycles. The van der Waals surface area contributed by atoms with Crippen molar-refractivity contribution in [2.75, 3.05) is 12.4 Å². The fourth-order valence-electron chi connectivity index (χ4n) is 3.15. The van der Waals surface area contributed by atoms with E-state index in [9.17, 15) is 0 Å².